The highest BCUT2D eigenvalue weighted by molar-refractivity contribution is 5.94. The van der Waals surface area contributed by atoms with Crippen molar-refractivity contribution in [3.05, 3.63) is 0 Å². The molecule has 0 radical (unpaired) electrons. The highest BCUT2D eigenvalue weighted by Gasteiger charge is 2.48. The quantitative estimate of drug-likeness (QED) is 0.808. The zero-order chi connectivity index (χ0) is 14.8. The average molecular weight is 281 g/mol. The van der Waals surface area contributed by atoms with E-state index in [1.807, 2.05) is 13.8 Å². The maximum Gasteiger partial charge on any atom is 0.245 e. The fourth-order valence-electron chi connectivity index (χ4n) is 3.49. The van der Waals surface area contributed by atoms with Gasteiger partial charge in [0.1, 0.15) is 5.54 Å². The van der Waals surface area contributed by atoms with Gasteiger partial charge in [0.15, 0.2) is 0 Å². The highest BCUT2D eigenvalue weighted by Crippen LogP contribution is 2.36. The molecular weight excluding hydrogens is 254 g/mol. The molecule has 2 amide bonds. The first-order valence-corrected chi connectivity index (χ1v) is 7.75. The van der Waals surface area contributed by atoms with Gasteiger partial charge in [-0.3, -0.25) is 9.59 Å². The fourth-order valence-corrected chi connectivity index (χ4v) is 3.49. The summed E-state index contributed by atoms with van der Waals surface area (Å²) in [6.45, 7) is 8.71. The van der Waals surface area contributed by atoms with Gasteiger partial charge in [-0.15, -0.1) is 0 Å². The van der Waals surface area contributed by atoms with Gasteiger partial charge in [-0.25, -0.2) is 0 Å². The van der Waals surface area contributed by atoms with Crippen LogP contribution in [0.3, 0.4) is 0 Å². The number of nitrogens with one attached hydrogen (secondary N) is 2. The number of hydrogen-bond donors (Lipinski definition) is 2. The predicted octanol–water partition coefficient (Wildman–Crippen LogP) is 0.893. The average Bonchev–Trinajstić information content (AvgIpc) is 2.42. The molecule has 0 aromatic rings. The monoisotopic (exact) mass is 281 g/mol. The summed E-state index contributed by atoms with van der Waals surface area (Å²) in [7, 11) is 0. The second-order valence-corrected chi connectivity index (χ2v) is 6.58. The molecule has 2 aliphatic rings. The van der Waals surface area contributed by atoms with Crippen molar-refractivity contribution >= 4 is 11.8 Å². The molecule has 0 saturated carbocycles. The van der Waals surface area contributed by atoms with Gasteiger partial charge < -0.3 is 15.5 Å². The van der Waals surface area contributed by atoms with E-state index >= 15 is 0 Å². The summed E-state index contributed by atoms with van der Waals surface area (Å²) in [4.78, 5) is 27.0. The number of carbonyl (C=O) groups excluding carboxylic acids is 2. The second-order valence-electron chi connectivity index (χ2n) is 6.58. The molecule has 0 aromatic heterocycles. The maximum atomic E-state index is 13.1. The highest BCUT2D eigenvalue weighted by atomic mass is 16.2. The Morgan fingerprint density at radius 2 is 2.10 bits per heavy atom. The number of carbonyl (C=O) groups is 2. The van der Waals surface area contributed by atoms with Crippen LogP contribution in [0.2, 0.25) is 0 Å². The first kappa shape index (κ1) is 15.3. The van der Waals surface area contributed by atoms with Gasteiger partial charge in [0.25, 0.3) is 0 Å². The summed E-state index contributed by atoms with van der Waals surface area (Å²) in [5.74, 6) is 0.110. The summed E-state index contributed by atoms with van der Waals surface area (Å²) in [5, 5.41) is 6.23. The van der Waals surface area contributed by atoms with Crippen LogP contribution in [0.1, 0.15) is 46.5 Å². The van der Waals surface area contributed by atoms with E-state index in [9.17, 15) is 9.59 Å². The molecule has 2 saturated heterocycles. The Labute approximate surface area is 121 Å². The molecule has 1 atom stereocenters. The minimum Gasteiger partial charge on any atom is -0.352 e. The van der Waals surface area contributed by atoms with Crippen molar-refractivity contribution in [2.24, 2.45) is 5.41 Å². The lowest BCUT2D eigenvalue weighted by molar-refractivity contribution is -0.158. The molecular formula is C15H27N3O2. The zero-order valence-electron chi connectivity index (χ0n) is 12.9. The molecule has 0 bridgehead atoms. The maximum absolute atomic E-state index is 13.1. The summed E-state index contributed by atoms with van der Waals surface area (Å²) < 4.78 is 0. The van der Waals surface area contributed by atoms with Crippen LogP contribution in [0, 0.1) is 5.41 Å². The summed E-state index contributed by atoms with van der Waals surface area (Å²) >= 11 is 0. The van der Waals surface area contributed by atoms with E-state index in [1.54, 1.807) is 4.90 Å². The molecule has 2 fully saturated rings. The molecule has 0 aliphatic carbocycles. The summed E-state index contributed by atoms with van der Waals surface area (Å²) in [6, 6.07) is 0. The van der Waals surface area contributed by atoms with E-state index in [1.165, 1.54) is 0 Å². The van der Waals surface area contributed by atoms with Crippen molar-refractivity contribution in [2.75, 3.05) is 26.2 Å². The molecule has 0 spiro atoms. The van der Waals surface area contributed by atoms with Crippen LogP contribution in [0.15, 0.2) is 0 Å². The third kappa shape index (κ3) is 2.55. The Balaban J connectivity index is 2.24. The van der Waals surface area contributed by atoms with Crippen molar-refractivity contribution < 1.29 is 9.59 Å². The van der Waals surface area contributed by atoms with Crippen LogP contribution in [0.4, 0.5) is 0 Å². The Morgan fingerprint density at radius 1 is 1.35 bits per heavy atom. The van der Waals surface area contributed by atoms with Gasteiger partial charge in [0.05, 0.1) is 5.41 Å². The molecule has 2 N–H and O–H groups in total. The molecule has 1 unspecified atom stereocenters. The first-order valence-electron chi connectivity index (χ1n) is 7.75. The van der Waals surface area contributed by atoms with Crippen molar-refractivity contribution in [1.82, 2.24) is 15.5 Å². The van der Waals surface area contributed by atoms with E-state index < -0.39 is 5.54 Å². The SMILES string of the molecule is CCCC1(C(=O)N2CCNC(=O)C2(C)C)CCCNC1. The van der Waals surface area contributed by atoms with Gasteiger partial charge in [-0.05, 0) is 39.7 Å². The molecule has 5 nitrogen and oxygen atoms in total. The molecule has 114 valence electrons. The van der Waals surface area contributed by atoms with Gasteiger partial charge in [0, 0.05) is 19.6 Å². The number of nitrogens with zero attached hydrogens (tertiary/aromatic N) is 1. The van der Waals surface area contributed by atoms with Crippen LogP contribution >= 0.6 is 0 Å². The van der Waals surface area contributed by atoms with E-state index in [0.29, 0.717) is 13.1 Å². The third-order valence-corrected chi connectivity index (χ3v) is 4.75. The minimum atomic E-state index is -0.743. The van der Waals surface area contributed by atoms with Crippen molar-refractivity contribution in [1.29, 1.82) is 0 Å². The Bertz CT molecular complexity index is 381. The predicted molar refractivity (Wildman–Crippen MR) is 78.2 cm³/mol. The largest absolute Gasteiger partial charge is 0.352 e. The summed E-state index contributed by atoms with van der Waals surface area (Å²) in [6.07, 6.45) is 3.86. The standard InChI is InChI=1S/C15H27N3O2/c1-4-6-15(7-5-8-16-11-15)13(20)18-10-9-17-12(19)14(18,2)3/h16H,4-11H2,1-3H3,(H,17,19). The minimum absolute atomic E-state index is 0.0486. The smallest absolute Gasteiger partial charge is 0.245 e. The number of piperazine rings is 1. The molecule has 20 heavy (non-hydrogen) atoms. The van der Waals surface area contributed by atoms with Gasteiger partial charge >= 0.3 is 0 Å². The van der Waals surface area contributed by atoms with Gasteiger partial charge in [-0.1, -0.05) is 13.3 Å². The number of hydrogen-bond acceptors (Lipinski definition) is 3. The number of piperidine rings is 1. The van der Waals surface area contributed by atoms with Crippen LogP contribution in [-0.2, 0) is 9.59 Å². The molecule has 2 heterocycles. The van der Waals surface area contributed by atoms with Crippen LogP contribution in [-0.4, -0.2) is 48.4 Å². The van der Waals surface area contributed by atoms with Crippen molar-refractivity contribution in [3.8, 4) is 0 Å². The molecule has 2 aliphatic heterocycles. The van der Waals surface area contributed by atoms with Crippen molar-refractivity contribution in [2.45, 2.75) is 52.0 Å². The Kier molecular flexibility index (Phi) is 4.37. The second kappa shape index (κ2) is 5.72. The lowest BCUT2D eigenvalue weighted by Crippen LogP contribution is -2.67. The lowest BCUT2D eigenvalue weighted by atomic mass is 9.74. The lowest BCUT2D eigenvalue weighted by Gasteiger charge is -2.47. The Hall–Kier alpha value is -1.10. The number of amides is 2. The third-order valence-electron chi connectivity index (χ3n) is 4.75. The van der Waals surface area contributed by atoms with Crippen LogP contribution < -0.4 is 10.6 Å². The molecule has 2 rings (SSSR count). The number of rotatable bonds is 3. The van der Waals surface area contributed by atoms with E-state index in [0.717, 1.165) is 38.8 Å². The van der Waals surface area contributed by atoms with Gasteiger partial charge in [-0.2, -0.15) is 0 Å². The summed E-state index contributed by atoms with van der Waals surface area (Å²) in [5.41, 5.74) is -1.06. The van der Waals surface area contributed by atoms with Crippen LogP contribution in [0.5, 0.6) is 0 Å². The Morgan fingerprint density at radius 3 is 2.70 bits per heavy atom. The van der Waals surface area contributed by atoms with Crippen LogP contribution in [0.25, 0.3) is 0 Å². The van der Waals surface area contributed by atoms with Gasteiger partial charge in [0.2, 0.25) is 11.8 Å². The normalized spacial score (nSPS) is 29.9. The fraction of sp³-hybridized carbons (Fsp3) is 0.867. The van der Waals surface area contributed by atoms with E-state index in [-0.39, 0.29) is 17.2 Å². The van der Waals surface area contributed by atoms with E-state index in [2.05, 4.69) is 17.6 Å². The topological polar surface area (TPSA) is 61.4 Å². The first-order chi connectivity index (χ1) is 9.44. The molecule has 5 heteroatoms. The van der Waals surface area contributed by atoms with Crippen molar-refractivity contribution in [3.63, 3.8) is 0 Å². The molecule has 0 aromatic carbocycles. The van der Waals surface area contributed by atoms with E-state index in [4.69, 9.17) is 0 Å². The zero-order valence-corrected chi connectivity index (χ0v) is 12.9.